The minimum absolute atomic E-state index is 0.00552. The number of tetrazole rings is 1. The molecule has 0 unspecified atom stereocenters. The summed E-state index contributed by atoms with van der Waals surface area (Å²) in [6, 6.07) is 4.20. The van der Waals surface area contributed by atoms with Crippen LogP contribution in [-0.4, -0.2) is 25.3 Å². The van der Waals surface area contributed by atoms with E-state index >= 15 is 0 Å². The smallest absolute Gasteiger partial charge is 0.189 e. The van der Waals surface area contributed by atoms with Crippen LogP contribution in [0.15, 0.2) is 22.6 Å². The SMILES string of the molecule is O[C@@H](Cn1nnc(CCl)n1)c1cc2cc(Cl)c(F)cc2o1. The lowest BCUT2D eigenvalue weighted by Gasteiger charge is -2.05. The van der Waals surface area contributed by atoms with Gasteiger partial charge in [-0.1, -0.05) is 11.6 Å². The standard InChI is InChI=1S/C12H9Cl2FN4O2/c13-4-12-16-18-19(17-12)5-9(20)11-2-6-1-7(14)8(15)3-10(6)21-11/h1-3,9,20H,4-5H2/t9-/m0/s1. The van der Waals surface area contributed by atoms with E-state index in [-0.39, 0.29) is 23.2 Å². The van der Waals surface area contributed by atoms with E-state index in [4.69, 9.17) is 27.6 Å². The molecule has 6 nitrogen and oxygen atoms in total. The lowest BCUT2D eigenvalue weighted by molar-refractivity contribution is 0.122. The molecule has 0 fully saturated rings. The van der Waals surface area contributed by atoms with Gasteiger partial charge in [0.2, 0.25) is 0 Å². The van der Waals surface area contributed by atoms with Crippen molar-refractivity contribution in [2.75, 3.05) is 0 Å². The third-order valence-corrected chi connectivity index (χ3v) is 3.39. The highest BCUT2D eigenvalue weighted by Gasteiger charge is 2.17. The Hall–Kier alpha value is -1.70. The second-order valence-electron chi connectivity index (χ2n) is 4.36. The number of aliphatic hydroxyl groups excluding tert-OH is 1. The molecule has 110 valence electrons. The second-order valence-corrected chi connectivity index (χ2v) is 5.04. The monoisotopic (exact) mass is 330 g/mol. The molecular formula is C12H9Cl2FN4O2. The maximum Gasteiger partial charge on any atom is 0.189 e. The minimum atomic E-state index is -1.00. The highest BCUT2D eigenvalue weighted by atomic mass is 35.5. The van der Waals surface area contributed by atoms with Gasteiger partial charge in [-0.25, -0.2) is 4.39 Å². The maximum atomic E-state index is 13.3. The van der Waals surface area contributed by atoms with Gasteiger partial charge in [0.15, 0.2) is 5.82 Å². The zero-order chi connectivity index (χ0) is 15.0. The molecule has 0 bridgehead atoms. The molecule has 0 radical (unpaired) electrons. The Bertz CT molecular complexity index is 750. The second kappa shape index (κ2) is 5.59. The minimum Gasteiger partial charge on any atom is -0.458 e. The molecule has 21 heavy (non-hydrogen) atoms. The van der Waals surface area contributed by atoms with Gasteiger partial charge in [-0.3, -0.25) is 0 Å². The number of aliphatic hydroxyl groups is 1. The third-order valence-electron chi connectivity index (χ3n) is 2.86. The summed E-state index contributed by atoms with van der Waals surface area (Å²) >= 11 is 11.3. The fraction of sp³-hybridized carbons (Fsp3) is 0.250. The molecular weight excluding hydrogens is 322 g/mol. The van der Waals surface area contributed by atoms with Crippen LogP contribution in [0.25, 0.3) is 11.0 Å². The van der Waals surface area contributed by atoms with E-state index < -0.39 is 11.9 Å². The molecule has 0 spiro atoms. The average molecular weight is 331 g/mol. The number of aromatic nitrogens is 4. The van der Waals surface area contributed by atoms with Crippen LogP contribution in [0.4, 0.5) is 4.39 Å². The van der Waals surface area contributed by atoms with Gasteiger partial charge in [-0.05, 0) is 17.3 Å². The van der Waals surface area contributed by atoms with Gasteiger partial charge in [-0.2, -0.15) is 4.80 Å². The molecule has 1 N–H and O–H groups in total. The molecule has 3 rings (SSSR count). The molecule has 0 amide bonds. The van der Waals surface area contributed by atoms with Gasteiger partial charge in [0.25, 0.3) is 0 Å². The van der Waals surface area contributed by atoms with Crippen molar-refractivity contribution in [3.63, 3.8) is 0 Å². The predicted octanol–water partition coefficient (Wildman–Crippen LogP) is 2.68. The van der Waals surface area contributed by atoms with Crippen LogP contribution in [0.5, 0.6) is 0 Å². The first kappa shape index (κ1) is 14.2. The molecule has 0 saturated carbocycles. The number of halogens is 3. The van der Waals surface area contributed by atoms with Crippen LogP contribution in [-0.2, 0) is 12.4 Å². The van der Waals surface area contributed by atoms with Gasteiger partial charge in [0.05, 0.1) is 17.4 Å². The molecule has 0 aliphatic heterocycles. The quantitative estimate of drug-likeness (QED) is 0.744. The first-order valence-corrected chi connectivity index (χ1v) is 6.87. The van der Waals surface area contributed by atoms with Gasteiger partial charge >= 0.3 is 0 Å². The summed E-state index contributed by atoms with van der Waals surface area (Å²) < 4.78 is 18.8. The molecule has 2 aromatic heterocycles. The van der Waals surface area contributed by atoms with Crippen molar-refractivity contribution in [1.82, 2.24) is 20.2 Å². The van der Waals surface area contributed by atoms with Crippen molar-refractivity contribution in [2.24, 2.45) is 0 Å². The summed E-state index contributed by atoms with van der Waals surface area (Å²) in [6.45, 7) is 0.0416. The first-order valence-electron chi connectivity index (χ1n) is 5.96. The van der Waals surface area contributed by atoms with E-state index in [0.29, 0.717) is 16.8 Å². The highest BCUT2D eigenvalue weighted by molar-refractivity contribution is 6.31. The predicted molar refractivity (Wildman–Crippen MR) is 73.5 cm³/mol. The Labute approximate surface area is 128 Å². The van der Waals surface area contributed by atoms with E-state index in [0.717, 1.165) is 0 Å². The average Bonchev–Trinajstić information content (AvgIpc) is 3.06. The zero-order valence-electron chi connectivity index (χ0n) is 10.5. The van der Waals surface area contributed by atoms with Crippen molar-refractivity contribution < 1.29 is 13.9 Å². The molecule has 3 aromatic rings. The van der Waals surface area contributed by atoms with Crippen molar-refractivity contribution >= 4 is 34.2 Å². The fourth-order valence-electron chi connectivity index (χ4n) is 1.87. The number of rotatable bonds is 4. The summed E-state index contributed by atoms with van der Waals surface area (Å²) in [5.74, 6) is 0.182. The number of hydrogen-bond donors (Lipinski definition) is 1. The van der Waals surface area contributed by atoms with E-state index in [1.807, 2.05) is 0 Å². The number of fused-ring (bicyclic) bond motifs is 1. The number of hydrogen-bond acceptors (Lipinski definition) is 5. The van der Waals surface area contributed by atoms with Crippen LogP contribution in [0, 0.1) is 5.82 Å². The molecule has 0 saturated heterocycles. The molecule has 1 aromatic carbocycles. The Morgan fingerprint density at radius 3 is 2.90 bits per heavy atom. The lowest BCUT2D eigenvalue weighted by atomic mass is 10.2. The van der Waals surface area contributed by atoms with Crippen molar-refractivity contribution in [3.05, 3.63) is 40.6 Å². The van der Waals surface area contributed by atoms with Gasteiger partial charge < -0.3 is 9.52 Å². The summed E-state index contributed by atoms with van der Waals surface area (Å²) in [5, 5.41) is 22.1. The maximum absolute atomic E-state index is 13.3. The molecule has 0 aliphatic rings. The molecule has 2 heterocycles. The molecule has 9 heteroatoms. The first-order chi connectivity index (χ1) is 10.1. The van der Waals surface area contributed by atoms with E-state index in [9.17, 15) is 9.50 Å². The molecule has 0 aliphatic carbocycles. The van der Waals surface area contributed by atoms with Crippen molar-refractivity contribution in [2.45, 2.75) is 18.5 Å². The number of nitrogens with zero attached hydrogens (tertiary/aromatic N) is 4. The van der Waals surface area contributed by atoms with Crippen LogP contribution in [0.2, 0.25) is 5.02 Å². The Morgan fingerprint density at radius 2 is 2.19 bits per heavy atom. The van der Waals surface area contributed by atoms with Gasteiger partial charge in [0, 0.05) is 11.5 Å². The van der Waals surface area contributed by atoms with Gasteiger partial charge in [0.1, 0.15) is 23.3 Å². The topological polar surface area (TPSA) is 77.0 Å². The van der Waals surface area contributed by atoms with Crippen molar-refractivity contribution in [1.29, 1.82) is 0 Å². The summed E-state index contributed by atoms with van der Waals surface area (Å²) in [7, 11) is 0. The van der Waals surface area contributed by atoms with Gasteiger partial charge in [-0.15, -0.1) is 21.8 Å². The lowest BCUT2D eigenvalue weighted by Crippen LogP contribution is -2.11. The van der Waals surface area contributed by atoms with E-state index in [1.54, 1.807) is 6.07 Å². The largest absolute Gasteiger partial charge is 0.458 e. The third kappa shape index (κ3) is 2.85. The Kier molecular flexibility index (Phi) is 3.79. The number of benzene rings is 1. The van der Waals surface area contributed by atoms with Crippen LogP contribution in [0.3, 0.4) is 0 Å². The summed E-state index contributed by atoms with van der Waals surface area (Å²) in [5.41, 5.74) is 0.305. The summed E-state index contributed by atoms with van der Waals surface area (Å²) in [4.78, 5) is 1.21. The number of furan rings is 1. The van der Waals surface area contributed by atoms with Crippen LogP contribution >= 0.6 is 23.2 Å². The summed E-state index contributed by atoms with van der Waals surface area (Å²) in [6.07, 6.45) is -1.00. The zero-order valence-corrected chi connectivity index (χ0v) is 12.0. The highest BCUT2D eigenvalue weighted by Crippen LogP contribution is 2.28. The Morgan fingerprint density at radius 1 is 1.38 bits per heavy atom. The van der Waals surface area contributed by atoms with Crippen LogP contribution in [0.1, 0.15) is 17.7 Å². The van der Waals surface area contributed by atoms with E-state index in [2.05, 4.69) is 15.4 Å². The molecule has 1 atom stereocenters. The van der Waals surface area contributed by atoms with Crippen LogP contribution < -0.4 is 0 Å². The number of alkyl halides is 1. The normalized spacial score (nSPS) is 13.0. The Balaban J connectivity index is 1.85. The van der Waals surface area contributed by atoms with E-state index in [1.165, 1.54) is 16.9 Å². The van der Waals surface area contributed by atoms with Crippen molar-refractivity contribution in [3.8, 4) is 0 Å². The fourth-order valence-corrected chi connectivity index (χ4v) is 2.15.